The van der Waals surface area contributed by atoms with Gasteiger partial charge in [-0.3, -0.25) is 9.48 Å². The second kappa shape index (κ2) is 6.69. The molecule has 0 spiro atoms. The Labute approximate surface area is 168 Å². The summed E-state index contributed by atoms with van der Waals surface area (Å²) in [6.07, 6.45) is 0.197. The predicted octanol–water partition coefficient (Wildman–Crippen LogP) is 1.67. The minimum Gasteiger partial charge on any atom is -0.334 e. The molecule has 12 heteroatoms. The van der Waals surface area contributed by atoms with Gasteiger partial charge in [-0.25, -0.2) is 9.50 Å². The molecule has 3 aliphatic rings. The number of rotatable bonds is 3. The third-order valence-corrected chi connectivity index (χ3v) is 5.57. The molecule has 0 unspecified atom stereocenters. The number of hydrogen-bond donors (Lipinski definition) is 2. The van der Waals surface area contributed by atoms with Crippen molar-refractivity contribution in [3.8, 4) is 0 Å². The highest BCUT2D eigenvalue weighted by atomic mass is 19.4. The number of piperidine rings is 2. The standard InChI is InChI=1S/C18H19F3N8O/c1-27-9-13(15(25-27)18(19,20)21)24-16(30)14-5-4-12-7-23-17(26-29(12)14)28-8-10-2-3-11(28)6-22-10/h4-5,7,9-11,22H,2-3,6,8H2,1H3,(H,24,30)/t10-,11+/m1/s1. The number of aromatic nitrogens is 5. The lowest BCUT2D eigenvalue weighted by Gasteiger charge is -2.45. The lowest BCUT2D eigenvalue weighted by atomic mass is 9.93. The van der Waals surface area contributed by atoms with Crippen LogP contribution in [-0.2, 0) is 13.2 Å². The van der Waals surface area contributed by atoms with Crippen LogP contribution in [0.15, 0.2) is 24.5 Å². The first-order chi connectivity index (χ1) is 14.3. The first kappa shape index (κ1) is 18.9. The number of anilines is 2. The molecule has 3 aliphatic heterocycles. The van der Waals surface area contributed by atoms with Gasteiger partial charge in [-0.1, -0.05) is 0 Å². The van der Waals surface area contributed by atoms with E-state index >= 15 is 0 Å². The molecular formula is C18H19F3N8O. The van der Waals surface area contributed by atoms with Gasteiger partial charge in [0.05, 0.1) is 17.4 Å². The maximum Gasteiger partial charge on any atom is 0.437 e. The third-order valence-electron chi connectivity index (χ3n) is 5.57. The topological polar surface area (TPSA) is 92.4 Å². The van der Waals surface area contributed by atoms with Crippen LogP contribution < -0.4 is 15.5 Å². The average molecular weight is 420 g/mol. The Morgan fingerprint density at radius 2 is 2.10 bits per heavy atom. The van der Waals surface area contributed by atoms with Crippen molar-refractivity contribution in [1.29, 1.82) is 0 Å². The fourth-order valence-electron chi connectivity index (χ4n) is 4.13. The van der Waals surface area contributed by atoms with Crippen LogP contribution in [0.3, 0.4) is 0 Å². The monoisotopic (exact) mass is 420 g/mol. The normalized spacial score (nSPS) is 21.4. The zero-order valence-corrected chi connectivity index (χ0v) is 16.0. The Kier molecular flexibility index (Phi) is 4.20. The van der Waals surface area contributed by atoms with E-state index in [9.17, 15) is 18.0 Å². The van der Waals surface area contributed by atoms with Gasteiger partial charge in [0.25, 0.3) is 5.91 Å². The molecule has 2 bridgehead atoms. The summed E-state index contributed by atoms with van der Waals surface area (Å²) < 4.78 is 42.0. The van der Waals surface area contributed by atoms with Crippen molar-refractivity contribution in [3.05, 3.63) is 35.9 Å². The first-order valence-electron chi connectivity index (χ1n) is 9.56. The van der Waals surface area contributed by atoms with Crippen LogP contribution in [0.1, 0.15) is 29.0 Å². The second-order valence-corrected chi connectivity index (χ2v) is 7.62. The summed E-state index contributed by atoms with van der Waals surface area (Å²) in [7, 11) is 1.36. The van der Waals surface area contributed by atoms with Gasteiger partial charge in [-0.2, -0.15) is 18.3 Å². The van der Waals surface area contributed by atoms with Gasteiger partial charge in [-0.15, -0.1) is 5.10 Å². The van der Waals surface area contributed by atoms with E-state index in [0.717, 1.165) is 36.8 Å². The third kappa shape index (κ3) is 3.16. The molecule has 158 valence electrons. The second-order valence-electron chi connectivity index (χ2n) is 7.62. The fraction of sp³-hybridized carbons (Fsp3) is 0.444. The average Bonchev–Trinajstić information content (AvgIpc) is 3.31. The number of alkyl halides is 3. The molecule has 0 aromatic carbocycles. The van der Waals surface area contributed by atoms with Gasteiger partial charge in [0, 0.05) is 38.4 Å². The van der Waals surface area contributed by atoms with Gasteiger partial charge >= 0.3 is 6.18 Å². The van der Waals surface area contributed by atoms with Gasteiger partial charge in [0.15, 0.2) is 5.69 Å². The van der Waals surface area contributed by atoms with Crippen molar-refractivity contribution in [3.63, 3.8) is 0 Å². The first-order valence-corrected chi connectivity index (χ1v) is 9.56. The van der Waals surface area contributed by atoms with E-state index in [1.54, 1.807) is 12.3 Å². The van der Waals surface area contributed by atoms with Crippen molar-refractivity contribution in [2.24, 2.45) is 7.05 Å². The SMILES string of the molecule is Cn1cc(NC(=O)c2ccc3cnc(N4C[C@H]5CC[C@H]4CN5)nn23)c(C(F)(F)F)n1. The number of carbonyl (C=O) groups is 1. The lowest BCUT2D eigenvalue weighted by Crippen LogP contribution is -2.61. The predicted molar refractivity (Wildman–Crippen MR) is 101 cm³/mol. The van der Waals surface area contributed by atoms with Crippen LogP contribution in [0.25, 0.3) is 5.52 Å². The maximum atomic E-state index is 13.2. The van der Waals surface area contributed by atoms with E-state index in [2.05, 4.69) is 30.7 Å². The summed E-state index contributed by atoms with van der Waals surface area (Å²) in [6, 6.07) is 3.82. The minimum atomic E-state index is -4.68. The molecular weight excluding hydrogens is 401 g/mol. The Morgan fingerprint density at radius 1 is 1.27 bits per heavy atom. The van der Waals surface area contributed by atoms with Crippen molar-refractivity contribution >= 4 is 23.1 Å². The van der Waals surface area contributed by atoms with Crippen LogP contribution in [0.2, 0.25) is 0 Å². The zero-order chi connectivity index (χ0) is 21.0. The molecule has 0 radical (unpaired) electrons. The van der Waals surface area contributed by atoms with Gasteiger partial charge in [0.1, 0.15) is 5.69 Å². The van der Waals surface area contributed by atoms with Gasteiger partial charge < -0.3 is 15.5 Å². The Bertz CT molecular complexity index is 1110. The number of nitrogens with zero attached hydrogens (tertiary/aromatic N) is 6. The molecule has 3 saturated heterocycles. The highest BCUT2D eigenvalue weighted by Crippen LogP contribution is 2.33. The van der Waals surface area contributed by atoms with Crippen LogP contribution in [0.5, 0.6) is 0 Å². The smallest absolute Gasteiger partial charge is 0.334 e. The van der Waals surface area contributed by atoms with Crippen molar-refractivity contribution in [2.45, 2.75) is 31.1 Å². The quantitative estimate of drug-likeness (QED) is 0.670. The Balaban J connectivity index is 1.46. The number of fused-ring (bicyclic) bond motifs is 4. The summed E-state index contributed by atoms with van der Waals surface area (Å²) >= 11 is 0. The number of nitrogens with one attached hydrogen (secondary N) is 2. The number of hydrogen-bond acceptors (Lipinski definition) is 6. The molecule has 3 aromatic rings. The number of piperazine rings is 1. The summed E-state index contributed by atoms with van der Waals surface area (Å²) in [5.74, 6) is -0.207. The molecule has 2 N–H and O–H groups in total. The van der Waals surface area contributed by atoms with Crippen molar-refractivity contribution in [1.82, 2.24) is 29.7 Å². The number of halogens is 3. The highest BCUT2D eigenvalue weighted by Gasteiger charge is 2.38. The van der Waals surface area contributed by atoms with Gasteiger partial charge in [0.2, 0.25) is 5.95 Å². The molecule has 30 heavy (non-hydrogen) atoms. The van der Waals surface area contributed by atoms with Crippen LogP contribution in [0.4, 0.5) is 24.8 Å². The summed E-state index contributed by atoms with van der Waals surface area (Å²) in [4.78, 5) is 19.3. The van der Waals surface area contributed by atoms with E-state index in [1.807, 2.05) is 0 Å². The van der Waals surface area contributed by atoms with E-state index in [0.29, 0.717) is 17.5 Å². The Morgan fingerprint density at radius 3 is 2.77 bits per heavy atom. The van der Waals surface area contributed by atoms with E-state index in [1.165, 1.54) is 17.6 Å². The molecule has 3 fully saturated rings. The number of carbonyl (C=O) groups excluding carboxylic acids is 1. The largest absolute Gasteiger partial charge is 0.437 e. The summed E-state index contributed by atoms with van der Waals surface area (Å²) in [6.45, 7) is 1.63. The Hall–Kier alpha value is -3.15. The molecule has 6 heterocycles. The van der Waals surface area contributed by atoms with Crippen molar-refractivity contribution < 1.29 is 18.0 Å². The molecule has 3 aromatic heterocycles. The molecule has 6 rings (SSSR count). The van der Waals surface area contributed by atoms with E-state index in [-0.39, 0.29) is 11.7 Å². The van der Waals surface area contributed by atoms with Crippen LogP contribution in [0, 0.1) is 0 Å². The highest BCUT2D eigenvalue weighted by molar-refractivity contribution is 6.04. The van der Waals surface area contributed by atoms with Crippen LogP contribution in [-0.4, -0.2) is 55.5 Å². The molecule has 2 atom stereocenters. The number of aryl methyl sites for hydroxylation is 1. The molecule has 1 amide bonds. The van der Waals surface area contributed by atoms with Crippen LogP contribution >= 0.6 is 0 Å². The lowest BCUT2D eigenvalue weighted by molar-refractivity contribution is -0.140. The van der Waals surface area contributed by atoms with E-state index in [4.69, 9.17) is 0 Å². The molecule has 0 saturated carbocycles. The van der Waals surface area contributed by atoms with E-state index < -0.39 is 23.5 Å². The maximum absolute atomic E-state index is 13.2. The number of amides is 1. The minimum absolute atomic E-state index is 0.117. The fourth-order valence-corrected chi connectivity index (χ4v) is 4.13. The van der Waals surface area contributed by atoms with Gasteiger partial charge in [-0.05, 0) is 25.0 Å². The molecule has 9 nitrogen and oxygen atoms in total. The zero-order valence-electron chi connectivity index (χ0n) is 16.0. The van der Waals surface area contributed by atoms with Crippen molar-refractivity contribution in [2.75, 3.05) is 23.3 Å². The summed E-state index contributed by atoms with van der Waals surface area (Å²) in [5, 5.41) is 13.7. The molecule has 0 aliphatic carbocycles. The summed E-state index contributed by atoms with van der Waals surface area (Å²) in [5.41, 5.74) is -0.859.